The molecule has 0 unspecified atom stereocenters. The van der Waals surface area contributed by atoms with E-state index in [1.165, 1.54) is 25.3 Å². The molecule has 1 aliphatic heterocycles. The minimum absolute atomic E-state index is 0.0223. The number of esters is 1. The van der Waals surface area contributed by atoms with Crippen LogP contribution in [0.25, 0.3) is 16.6 Å². The summed E-state index contributed by atoms with van der Waals surface area (Å²) in [5, 5.41) is 18.9. The van der Waals surface area contributed by atoms with Crippen molar-refractivity contribution >= 4 is 34.1 Å². The maximum atomic E-state index is 13.4. The number of halogens is 1. The smallest absolute Gasteiger partial charge is 0.337 e. The number of nitrogens with zero attached hydrogens (tertiary/aromatic N) is 2. The summed E-state index contributed by atoms with van der Waals surface area (Å²) >= 11 is 0. The van der Waals surface area contributed by atoms with Crippen molar-refractivity contribution in [1.82, 2.24) is 9.97 Å². The molecule has 3 aromatic rings. The number of anilines is 1. The van der Waals surface area contributed by atoms with Gasteiger partial charge in [0.1, 0.15) is 23.2 Å². The number of methoxy groups -OCH3 is 1. The second kappa shape index (κ2) is 6.24. The summed E-state index contributed by atoms with van der Waals surface area (Å²) in [5.74, 6) is -0.625. The maximum absolute atomic E-state index is 13.4. The molecule has 0 spiro atoms. The number of ether oxygens (including phenoxy) is 1. The van der Waals surface area contributed by atoms with Crippen LogP contribution < -0.4 is 4.90 Å². The number of carbonyl (C=O) groups excluding carboxylic acids is 1. The Hall–Kier alpha value is -3.68. The summed E-state index contributed by atoms with van der Waals surface area (Å²) in [5.41, 5.74) is 2.14. The average Bonchev–Trinajstić information content (AvgIpc) is 3.20. The zero-order valence-electron chi connectivity index (χ0n) is 14.3. The number of H-pyrrole nitrogens is 1. The first-order chi connectivity index (χ1) is 13.0. The molecule has 0 radical (unpaired) electrons. The number of imidazole rings is 1. The first-order valence-electron chi connectivity index (χ1n) is 8.10. The number of amidine groups is 1. The third-order valence-electron chi connectivity index (χ3n) is 4.36. The predicted molar refractivity (Wildman–Crippen MR) is 98.5 cm³/mol. The molecule has 4 rings (SSSR count). The van der Waals surface area contributed by atoms with Gasteiger partial charge in [0.25, 0.3) is 0 Å². The van der Waals surface area contributed by atoms with Gasteiger partial charge in [-0.2, -0.15) is 0 Å². The summed E-state index contributed by atoms with van der Waals surface area (Å²) in [6, 6.07) is 10.7. The van der Waals surface area contributed by atoms with Gasteiger partial charge in [0, 0.05) is 5.69 Å². The highest BCUT2D eigenvalue weighted by Gasteiger charge is 2.31. The van der Waals surface area contributed by atoms with Crippen molar-refractivity contribution in [3.63, 3.8) is 0 Å². The molecule has 8 heteroatoms. The summed E-state index contributed by atoms with van der Waals surface area (Å²) in [7, 11) is 1.29. The van der Waals surface area contributed by atoms with Gasteiger partial charge in [-0.1, -0.05) is 6.07 Å². The molecule has 0 aliphatic carbocycles. The molecule has 0 saturated carbocycles. The molecule has 1 aliphatic rings. The topological polar surface area (TPSA) is 102 Å². The van der Waals surface area contributed by atoms with Crippen LogP contribution in [0.3, 0.4) is 0 Å². The van der Waals surface area contributed by atoms with Gasteiger partial charge in [0.2, 0.25) is 0 Å². The van der Waals surface area contributed by atoms with E-state index in [9.17, 15) is 14.3 Å². The Morgan fingerprint density at radius 3 is 2.93 bits per heavy atom. The van der Waals surface area contributed by atoms with Gasteiger partial charge < -0.3 is 19.7 Å². The lowest BCUT2D eigenvalue weighted by atomic mass is 10.2. The van der Waals surface area contributed by atoms with Gasteiger partial charge in [-0.15, -0.1) is 0 Å². The van der Waals surface area contributed by atoms with Crippen molar-refractivity contribution in [3.05, 3.63) is 65.4 Å². The Balaban J connectivity index is 1.69. The molecule has 136 valence electrons. The third kappa shape index (κ3) is 2.80. The van der Waals surface area contributed by atoms with Crippen LogP contribution in [-0.2, 0) is 4.74 Å². The molecular formula is C19H15FN4O3. The fourth-order valence-corrected chi connectivity index (χ4v) is 3.07. The van der Waals surface area contributed by atoms with Gasteiger partial charge in [-0.05, 0) is 36.4 Å². The first kappa shape index (κ1) is 16.8. The minimum Gasteiger partial charge on any atom is -0.509 e. The zero-order valence-corrected chi connectivity index (χ0v) is 14.3. The average molecular weight is 366 g/mol. The summed E-state index contributed by atoms with van der Waals surface area (Å²) < 4.78 is 18.1. The van der Waals surface area contributed by atoms with E-state index in [2.05, 4.69) is 9.97 Å². The van der Waals surface area contributed by atoms with Gasteiger partial charge in [0.05, 0.1) is 35.8 Å². The summed E-state index contributed by atoms with van der Waals surface area (Å²) in [6.07, 6.45) is 0. The van der Waals surface area contributed by atoms with E-state index in [0.29, 0.717) is 22.3 Å². The molecule has 3 N–H and O–H groups in total. The van der Waals surface area contributed by atoms with Crippen LogP contribution in [0, 0.1) is 11.2 Å². The molecule has 0 amide bonds. The zero-order chi connectivity index (χ0) is 19.1. The number of hydrogen-bond donors (Lipinski definition) is 3. The van der Waals surface area contributed by atoms with Gasteiger partial charge in [-0.3, -0.25) is 5.41 Å². The molecule has 1 aromatic heterocycles. The number of benzene rings is 2. The van der Waals surface area contributed by atoms with Crippen LogP contribution in [0.5, 0.6) is 0 Å². The Morgan fingerprint density at radius 2 is 2.15 bits per heavy atom. The van der Waals surface area contributed by atoms with Crippen LogP contribution >= 0.6 is 0 Å². The molecular weight excluding hydrogens is 351 g/mol. The molecule has 2 aromatic carbocycles. The van der Waals surface area contributed by atoms with E-state index < -0.39 is 11.8 Å². The number of aromatic nitrogens is 2. The lowest BCUT2D eigenvalue weighted by Crippen LogP contribution is -2.26. The minimum atomic E-state index is -0.487. The monoisotopic (exact) mass is 366 g/mol. The Bertz CT molecular complexity index is 1120. The van der Waals surface area contributed by atoms with E-state index >= 15 is 0 Å². The van der Waals surface area contributed by atoms with E-state index in [1.54, 1.807) is 29.2 Å². The number of carbonyl (C=O) groups is 1. The molecule has 0 atom stereocenters. The van der Waals surface area contributed by atoms with Crippen LogP contribution in [0.1, 0.15) is 16.2 Å². The Labute approximate surface area is 153 Å². The van der Waals surface area contributed by atoms with Crippen molar-refractivity contribution < 1.29 is 19.0 Å². The molecule has 0 fully saturated rings. The normalized spacial score (nSPS) is 14.3. The van der Waals surface area contributed by atoms with Crippen molar-refractivity contribution in [3.8, 4) is 0 Å². The van der Waals surface area contributed by atoms with Gasteiger partial charge >= 0.3 is 5.97 Å². The number of nitrogens with one attached hydrogen (secondary N) is 2. The standard InChI is InChI=1S/C19H15FN4O3/c1-27-19(26)10-3-2-4-12(7-10)24-9-15(25)16(17(24)21)18-22-13-6-5-11(20)8-14(13)23-18/h2-8,21,25H,9H2,1H3,(H,22,23). The predicted octanol–water partition coefficient (Wildman–Crippen LogP) is 3.26. The highest BCUT2D eigenvalue weighted by molar-refractivity contribution is 6.30. The second-order valence-corrected chi connectivity index (χ2v) is 6.05. The Kier molecular flexibility index (Phi) is 3.88. The van der Waals surface area contributed by atoms with Gasteiger partial charge in [0.15, 0.2) is 0 Å². The fraction of sp³-hybridized carbons (Fsp3) is 0.105. The van der Waals surface area contributed by atoms with E-state index in [0.717, 1.165) is 0 Å². The SMILES string of the molecule is COC(=O)c1cccc(N2CC(O)=C(c3nc4ccc(F)cc4[nH]3)C2=N)c1. The van der Waals surface area contributed by atoms with Crippen LogP contribution in [0.2, 0.25) is 0 Å². The number of aliphatic hydroxyl groups is 1. The molecule has 27 heavy (non-hydrogen) atoms. The van der Waals surface area contributed by atoms with Crippen LogP contribution in [-0.4, -0.2) is 40.5 Å². The highest BCUT2D eigenvalue weighted by Crippen LogP contribution is 2.31. The quantitative estimate of drug-likeness (QED) is 0.618. The summed E-state index contributed by atoms with van der Waals surface area (Å²) in [6.45, 7) is 0.0597. The lowest BCUT2D eigenvalue weighted by Gasteiger charge is -2.19. The number of hydrogen-bond acceptors (Lipinski definition) is 5. The molecule has 7 nitrogen and oxygen atoms in total. The van der Waals surface area contributed by atoms with E-state index in [-0.39, 0.29) is 29.5 Å². The summed E-state index contributed by atoms with van der Waals surface area (Å²) in [4.78, 5) is 20.6. The Morgan fingerprint density at radius 1 is 1.33 bits per heavy atom. The van der Waals surface area contributed by atoms with Crippen molar-refractivity contribution in [2.45, 2.75) is 0 Å². The van der Waals surface area contributed by atoms with Crippen molar-refractivity contribution in [2.24, 2.45) is 0 Å². The molecule has 0 saturated heterocycles. The number of aromatic amines is 1. The highest BCUT2D eigenvalue weighted by atomic mass is 19.1. The van der Waals surface area contributed by atoms with Crippen LogP contribution in [0.15, 0.2) is 48.2 Å². The largest absolute Gasteiger partial charge is 0.509 e. The van der Waals surface area contributed by atoms with Gasteiger partial charge in [-0.25, -0.2) is 14.2 Å². The number of aliphatic hydroxyl groups excluding tert-OH is 1. The molecule has 2 heterocycles. The number of fused-ring (bicyclic) bond motifs is 1. The lowest BCUT2D eigenvalue weighted by molar-refractivity contribution is 0.0601. The number of rotatable bonds is 3. The molecule has 0 bridgehead atoms. The van der Waals surface area contributed by atoms with E-state index in [1.807, 2.05) is 0 Å². The maximum Gasteiger partial charge on any atom is 0.337 e. The first-order valence-corrected chi connectivity index (χ1v) is 8.10. The third-order valence-corrected chi connectivity index (χ3v) is 4.36. The van der Waals surface area contributed by atoms with E-state index in [4.69, 9.17) is 10.1 Å². The second-order valence-electron chi connectivity index (χ2n) is 6.05. The fourth-order valence-electron chi connectivity index (χ4n) is 3.07. The van der Waals surface area contributed by atoms with Crippen LogP contribution in [0.4, 0.5) is 10.1 Å². The van der Waals surface area contributed by atoms with Crippen molar-refractivity contribution in [1.29, 1.82) is 5.41 Å². The van der Waals surface area contributed by atoms with Crippen molar-refractivity contribution in [2.75, 3.05) is 18.6 Å².